The summed E-state index contributed by atoms with van der Waals surface area (Å²) < 4.78 is 44.8. The van der Waals surface area contributed by atoms with E-state index in [0.717, 1.165) is 12.1 Å². The summed E-state index contributed by atoms with van der Waals surface area (Å²) in [6.07, 6.45) is 0. The van der Waals surface area contributed by atoms with E-state index in [4.69, 9.17) is 4.74 Å². The number of hydrogen-bond acceptors (Lipinski definition) is 5. The number of nitrogens with one attached hydrogen (secondary N) is 1. The zero-order valence-electron chi connectivity index (χ0n) is 11.2. The van der Waals surface area contributed by atoms with Gasteiger partial charge in [-0.05, 0) is 19.9 Å². The molecule has 1 aromatic carbocycles. The number of nitro groups is 1. The Kier molecular flexibility index (Phi) is 4.79. The number of nitro benzene ring substituents is 1. The summed E-state index contributed by atoms with van der Waals surface area (Å²) in [6.45, 7) is 3.30. The summed E-state index contributed by atoms with van der Waals surface area (Å²) in [5.41, 5.74) is -1.67. The Hall–Kier alpha value is -1.58. The van der Waals surface area contributed by atoms with Gasteiger partial charge in [0.2, 0.25) is 15.8 Å². The molecule has 20 heavy (non-hydrogen) atoms. The second-order valence-corrected chi connectivity index (χ2v) is 6.48. The van der Waals surface area contributed by atoms with Crippen molar-refractivity contribution in [3.05, 3.63) is 34.1 Å². The van der Waals surface area contributed by atoms with Crippen LogP contribution < -0.4 is 4.72 Å². The van der Waals surface area contributed by atoms with Crippen LogP contribution in [0, 0.1) is 15.9 Å². The quantitative estimate of drug-likeness (QED) is 0.633. The Labute approximate surface area is 115 Å². The van der Waals surface area contributed by atoms with Gasteiger partial charge in [-0.25, -0.2) is 13.1 Å². The molecule has 1 rings (SSSR count). The van der Waals surface area contributed by atoms with Gasteiger partial charge < -0.3 is 4.74 Å². The van der Waals surface area contributed by atoms with Crippen molar-refractivity contribution in [2.24, 2.45) is 0 Å². The maximum absolute atomic E-state index is 13.5. The third kappa shape index (κ3) is 3.95. The molecule has 0 saturated heterocycles. The molecule has 0 heterocycles. The van der Waals surface area contributed by atoms with E-state index in [1.165, 1.54) is 7.11 Å². The summed E-state index contributed by atoms with van der Waals surface area (Å²) >= 11 is 0. The van der Waals surface area contributed by atoms with Gasteiger partial charge in [-0.1, -0.05) is 0 Å². The third-order valence-corrected chi connectivity index (χ3v) is 4.04. The van der Waals surface area contributed by atoms with Crippen molar-refractivity contribution in [2.45, 2.75) is 24.3 Å². The number of hydrogen-bond donors (Lipinski definition) is 1. The highest BCUT2D eigenvalue weighted by molar-refractivity contribution is 7.89. The van der Waals surface area contributed by atoms with Crippen LogP contribution in [0.2, 0.25) is 0 Å². The van der Waals surface area contributed by atoms with Crippen molar-refractivity contribution >= 4 is 15.7 Å². The van der Waals surface area contributed by atoms with Crippen LogP contribution in [0.3, 0.4) is 0 Å². The number of nitrogens with zero attached hydrogens (tertiary/aromatic N) is 1. The first-order chi connectivity index (χ1) is 9.09. The van der Waals surface area contributed by atoms with E-state index < -0.39 is 32.0 Å². The van der Waals surface area contributed by atoms with E-state index in [1.54, 1.807) is 13.8 Å². The highest BCUT2D eigenvalue weighted by Crippen LogP contribution is 2.21. The predicted molar refractivity (Wildman–Crippen MR) is 69.3 cm³/mol. The lowest BCUT2D eigenvalue weighted by Crippen LogP contribution is -2.46. The Morgan fingerprint density at radius 3 is 2.50 bits per heavy atom. The average Bonchev–Trinajstić information content (AvgIpc) is 2.26. The van der Waals surface area contributed by atoms with Crippen molar-refractivity contribution in [3.8, 4) is 0 Å². The summed E-state index contributed by atoms with van der Waals surface area (Å²) in [5, 5.41) is 10.5. The van der Waals surface area contributed by atoms with Crippen LogP contribution in [-0.4, -0.2) is 32.6 Å². The molecule has 0 saturated carbocycles. The number of sulfonamides is 1. The summed E-state index contributed by atoms with van der Waals surface area (Å²) in [6, 6.07) is 2.41. The van der Waals surface area contributed by atoms with E-state index in [2.05, 4.69) is 4.72 Å². The second-order valence-electron chi connectivity index (χ2n) is 4.79. The lowest BCUT2D eigenvalue weighted by Gasteiger charge is -2.24. The normalized spacial score (nSPS) is 12.4. The molecule has 0 aliphatic rings. The van der Waals surface area contributed by atoms with Crippen LogP contribution >= 0.6 is 0 Å². The lowest BCUT2D eigenvalue weighted by molar-refractivity contribution is -0.387. The summed E-state index contributed by atoms with van der Waals surface area (Å²) in [4.78, 5) is 9.17. The Bertz CT molecular complexity index is 615. The maximum Gasteiger partial charge on any atom is 0.304 e. The first-order valence-corrected chi connectivity index (χ1v) is 7.04. The van der Waals surface area contributed by atoms with Crippen LogP contribution in [0.4, 0.5) is 10.1 Å². The van der Waals surface area contributed by atoms with E-state index in [0.29, 0.717) is 6.07 Å². The molecule has 0 unspecified atom stereocenters. The maximum atomic E-state index is 13.5. The van der Waals surface area contributed by atoms with Crippen LogP contribution in [0.25, 0.3) is 0 Å². The smallest absolute Gasteiger partial charge is 0.304 e. The van der Waals surface area contributed by atoms with Gasteiger partial charge in [-0.15, -0.1) is 0 Å². The van der Waals surface area contributed by atoms with Crippen LogP contribution in [-0.2, 0) is 14.8 Å². The average molecular weight is 306 g/mol. The van der Waals surface area contributed by atoms with E-state index >= 15 is 0 Å². The summed E-state index contributed by atoms with van der Waals surface area (Å²) in [5.74, 6) is -1.21. The third-order valence-electron chi connectivity index (χ3n) is 2.34. The fraction of sp³-hybridized carbons (Fsp3) is 0.455. The Morgan fingerprint density at radius 2 is 2.05 bits per heavy atom. The van der Waals surface area contributed by atoms with Gasteiger partial charge in [0.25, 0.3) is 0 Å². The van der Waals surface area contributed by atoms with Gasteiger partial charge in [0.05, 0.1) is 22.0 Å². The van der Waals surface area contributed by atoms with Crippen molar-refractivity contribution in [3.63, 3.8) is 0 Å². The minimum Gasteiger partial charge on any atom is -0.383 e. The predicted octanol–water partition coefficient (Wildman–Crippen LogP) is 1.44. The van der Waals surface area contributed by atoms with Gasteiger partial charge in [-0.2, -0.15) is 4.39 Å². The van der Waals surface area contributed by atoms with Gasteiger partial charge in [-0.3, -0.25) is 10.1 Å². The number of halogens is 1. The molecule has 9 heteroatoms. The number of benzene rings is 1. The zero-order valence-corrected chi connectivity index (χ0v) is 12.0. The molecule has 0 amide bonds. The van der Waals surface area contributed by atoms with Gasteiger partial charge >= 0.3 is 5.69 Å². The molecule has 1 aromatic rings. The van der Waals surface area contributed by atoms with Gasteiger partial charge in [0.15, 0.2) is 0 Å². The Morgan fingerprint density at radius 1 is 1.45 bits per heavy atom. The monoisotopic (exact) mass is 306 g/mol. The van der Waals surface area contributed by atoms with Crippen molar-refractivity contribution in [1.82, 2.24) is 4.72 Å². The van der Waals surface area contributed by atoms with Crippen LogP contribution in [0.1, 0.15) is 13.8 Å². The molecule has 112 valence electrons. The second kappa shape index (κ2) is 5.81. The van der Waals surface area contributed by atoms with Crippen LogP contribution in [0.15, 0.2) is 23.1 Å². The first kappa shape index (κ1) is 16.5. The van der Waals surface area contributed by atoms with Crippen molar-refractivity contribution in [2.75, 3.05) is 13.7 Å². The number of methoxy groups -OCH3 is 1. The van der Waals surface area contributed by atoms with E-state index in [9.17, 15) is 22.9 Å². The molecule has 0 radical (unpaired) electrons. The fourth-order valence-corrected chi connectivity index (χ4v) is 3.03. The molecule has 0 spiro atoms. The van der Waals surface area contributed by atoms with Crippen molar-refractivity contribution in [1.29, 1.82) is 0 Å². The first-order valence-electron chi connectivity index (χ1n) is 5.56. The zero-order chi connectivity index (χ0) is 15.6. The minimum atomic E-state index is -4.00. The minimum absolute atomic E-state index is 0.113. The summed E-state index contributed by atoms with van der Waals surface area (Å²) in [7, 11) is -2.58. The highest BCUT2D eigenvalue weighted by Gasteiger charge is 2.27. The fourth-order valence-electron chi connectivity index (χ4n) is 1.62. The molecule has 0 fully saturated rings. The van der Waals surface area contributed by atoms with Crippen molar-refractivity contribution < 1.29 is 22.5 Å². The molecule has 0 aromatic heterocycles. The SMILES string of the molecule is COCC(C)(C)NS(=O)(=O)c1ccc([N+](=O)[O-])c(F)c1. The molecular weight excluding hydrogens is 291 g/mol. The van der Waals surface area contributed by atoms with E-state index in [-0.39, 0.29) is 11.5 Å². The topological polar surface area (TPSA) is 98.5 Å². The number of ether oxygens (including phenoxy) is 1. The molecule has 7 nitrogen and oxygen atoms in total. The standard InChI is InChI=1S/C11H15FN2O5S/c1-11(2,7-19-3)13-20(17,18)8-4-5-10(14(15)16)9(12)6-8/h4-6,13H,7H2,1-3H3. The molecule has 1 N–H and O–H groups in total. The molecular formula is C11H15FN2O5S. The highest BCUT2D eigenvalue weighted by atomic mass is 32.2. The van der Waals surface area contributed by atoms with E-state index in [1.807, 2.05) is 0 Å². The molecule has 0 aliphatic carbocycles. The molecule has 0 aliphatic heterocycles. The lowest BCUT2D eigenvalue weighted by atomic mass is 10.1. The van der Waals surface area contributed by atoms with Gasteiger partial charge in [0.1, 0.15) is 0 Å². The largest absolute Gasteiger partial charge is 0.383 e. The molecule has 0 atom stereocenters. The van der Waals surface area contributed by atoms with Crippen LogP contribution in [0.5, 0.6) is 0 Å². The number of rotatable bonds is 6. The molecule has 0 bridgehead atoms. The Balaban J connectivity index is 3.11. The van der Waals surface area contributed by atoms with Gasteiger partial charge in [0, 0.05) is 19.2 Å².